The van der Waals surface area contributed by atoms with E-state index in [2.05, 4.69) is 9.97 Å². The molecule has 4 nitrogen and oxygen atoms in total. The average Bonchev–Trinajstić information content (AvgIpc) is 3.24. The SMILES string of the molecule is CC(=O)N1CC2(CC2)c2c([nH]c3cnccc23)C1c1cccc(F)c1. The minimum atomic E-state index is -0.290. The third-order valence-corrected chi connectivity index (χ3v) is 5.64. The molecule has 1 fully saturated rings. The number of rotatable bonds is 1. The number of halogens is 1. The van der Waals surface area contributed by atoms with Crippen molar-refractivity contribution in [1.82, 2.24) is 14.9 Å². The highest BCUT2D eigenvalue weighted by Gasteiger charge is 2.54. The maximum absolute atomic E-state index is 13.9. The molecule has 1 aliphatic carbocycles. The Labute approximate surface area is 144 Å². The normalized spacial score (nSPS) is 20.7. The number of fused-ring (bicyclic) bond motifs is 4. The van der Waals surface area contributed by atoms with Gasteiger partial charge in [0.2, 0.25) is 5.91 Å². The van der Waals surface area contributed by atoms with Crippen molar-refractivity contribution in [1.29, 1.82) is 0 Å². The number of carbonyl (C=O) groups is 1. The summed E-state index contributed by atoms with van der Waals surface area (Å²) in [6, 6.07) is 8.30. The summed E-state index contributed by atoms with van der Waals surface area (Å²) in [6.45, 7) is 2.28. The predicted molar refractivity (Wildman–Crippen MR) is 92.6 cm³/mol. The van der Waals surface area contributed by atoms with Gasteiger partial charge < -0.3 is 9.88 Å². The minimum Gasteiger partial charge on any atom is -0.355 e. The van der Waals surface area contributed by atoms with Crippen LogP contribution in [0, 0.1) is 5.82 Å². The Kier molecular flexibility index (Phi) is 2.87. The van der Waals surface area contributed by atoms with E-state index >= 15 is 0 Å². The van der Waals surface area contributed by atoms with Crippen LogP contribution in [0.3, 0.4) is 0 Å². The molecule has 1 spiro atoms. The highest BCUT2D eigenvalue weighted by atomic mass is 19.1. The number of amides is 1. The number of carbonyl (C=O) groups excluding carboxylic acids is 1. The van der Waals surface area contributed by atoms with Gasteiger partial charge in [-0.3, -0.25) is 9.78 Å². The molecule has 2 aromatic heterocycles. The third-order valence-electron chi connectivity index (χ3n) is 5.64. The Bertz CT molecular complexity index is 1010. The maximum atomic E-state index is 13.9. The first-order chi connectivity index (χ1) is 12.1. The lowest BCUT2D eigenvalue weighted by molar-refractivity contribution is -0.131. The van der Waals surface area contributed by atoms with Crippen LogP contribution in [0.2, 0.25) is 0 Å². The quantitative estimate of drug-likeness (QED) is 0.737. The number of H-pyrrole nitrogens is 1. The van der Waals surface area contributed by atoms with Crippen LogP contribution in [0.1, 0.15) is 42.6 Å². The summed E-state index contributed by atoms with van der Waals surface area (Å²) in [5, 5.41) is 1.17. The Balaban J connectivity index is 1.80. The van der Waals surface area contributed by atoms with Crippen molar-refractivity contribution in [3.05, 3.63) is 65.4 Å². The molecule has 1 N–H and O–H groups in total. The van der Waals surface area contributed by atoms with E-state index in [-0.39, 0.29) is 23.2 Å². The monoisotopic (exact) mass is 335 g/mol. The zero-order valence-corrected chi connectivity index (χ0v) is 13.9. The topological polar surface area (TPSA) is 49.0 Å². The van der Waals surface area contributed by atoms with Crippen molar-refractivity contribution in [2.45, 2.75) is 31.2 Å². The zero-order valence-electron chi connectivity index (χ0n) is 13.9. The van der Waals surface area contributed by atoms with Gasteiger partial charge in [0.05, 0.1) is 17.8 Å². The Hall–Kier alpha value is -2.69. The van der Waals surface area contributed by atoms with Crippen LogP contribution >= 0.6 is 0 Å². The van der Waals surface area contributed by atoms with Gasteiger partial charge in [0, 0.05) is 36.2 Å². The molecule has 126 valence electrons. The molecule has 1 atom stereocenters. The highest BCUT2D eigenvalue weighted by Crippen LogP contribution is 2.57. The summed E-state index contributed by atoms with van der Waals surface area (Å²) in [5.74, 6) is -0.269. The van der Waals surface area contributed by atoms with Gasteiger partial charge in [-0.1, -0.05) is 12.1 Å². The number of benzene rings is 1. The van der Waals surface area contributed by atoms with E-state index in [0.29, 0.717) is 6.54 Å². The van der Waals surface area contributed by atoms with Crippen molar-refractivity contribution < 1.29 is 9.18 Å². The van der Waals surface area contributed by atoms with Gasteiger partial charge in [-0.15, -0.1) is 0 Å². The van der Waals surface area contributed by atoms with E-state index in [9.17, 15) is 9.18 Å². The summed E-state index contributed by atoms with van der Waals surface area (Å²) in [5.41, 5.74) is 4.10. The van der Waals surface area contributed by atoms with E-state index in [1.807, 2.05) is 23.2 Å². The summed E-state index contributed by atoms with van der Waals surface area (Å²) < 4.78 is 13.9. The molecule has 3 heterocycles. The predicted octanol–water partition coefficient (Wildman–Crippen LogP) is 3.69. The second-order valence-corrected chi connectivity index (χ2v) is 7.22. The molecule has 1 amide bonds. The van der Waals surface area contributed by atoms with E-state index in [0.717, 1.165) is 29.6 Å². The van der Waals surface area contributed by atoms with Crippen LogP contribution in [0.25, 0.3) is 10.9 Å². The van der Waals surface area contributed by atoms with E-state index < -0.39 is 0 Å². The molecule has 1 saturated carbocycles. The molecule has 0 saturated heterocycles. The first kappa shape index (κ1) is 14.6. The van der Waals surface area contributed by atoms with Crippen LogP contribution in [0.5, 0.6) is 0 Å². The van der Waals surface area contributed by atoms with Gasteiger partial charge in [-0.2, -0.15) is 0 Å². The zero-order chi connectivity index (χ0) is 17.2. The first-order valence-electron chi connectivity index (χ1n) is 8.58. The van der Waals surface area contributed by atoms with Crippen LogP contribution < -0.4 is 0 Å². The van der Waals surface area contributed by atoms with Crippen LogP contribution in [0.15, 0.2) is 42.7 Å². The fraction of sp³-hybridized carbons (Fsp3) is 0.300. The number of nitrogens with zero attached hydrogens (tertiary/aromatic N) is 2. The van der Waals surface area contributed by atoms with Crippen molar-refractivity contribution in [2.75, 3.05) is 6.54 Å². The number of hydrogen-bond donors (Lipinski definition) is 1. The largest absolute Gasteiger partial charge is 0.355 e. The summed E-state index contributed by atoms with van der Waals surface area (Å²) in [7, 11) is 0. The molecule has 5 heteroatoms. The molecule has 25 heavy (non-hydrogen) atoms. The molecular formula is C20H18FN3O. The molecule has 1 aliphatic heterocycles. The fourth-order valence-corrected chi connectivity index (χ4v) is 4.37. The highest BCUT2D eigenvalue weighted by molar-refractivity contribution is 5.87. The van der Waals surface area contributed by atoms with Crippen LogP contribution in [0.4, 0.5) is 4.39 Å². The van der Waals surface area contributed by atoms with Gasteiger partial charge in [-0.25, -0.2) is 4.39 Å². The lowest BCUT2D eigenvalue weighted by Gasteiger charge is -2.40. The second-order valence-electron chi connectivity index (χ2n) is 7.22. The van der Waals surface area contributed by atoms with Crippen LogP contribution in [-0.2, 0) is 10.2 Å². The summed E-state index contributed by atoms with van der Waals surface area (Å²) >= 11 is 0. The van der Waals surface area contributed by atoms with Crippen molar-refractivity contribution in [3.63, 3.8) is 0 Å². The van der Waals surface area contributed by atoms with Gasteiger partial charge >= 0.3 is 0 Å². The van der Waals surface area contributed by atoms with Gasteiger partial charge in [0.15, 0.2) is 0 Å². The lowest BCUT2D eigenvalue weighted by atomic mass is 9.83. The van der Waals surface area contributed by atoms with Crippen LogP contribution in [-0.4, -0.2) is 27.3 Å². The minimum absolute atomic E-state index is 0.0166. The molecule has 3 aromatic rings. The molecule has 1 aromatic carbocycles. The van der Waals surface area contributed by atoms with E-state index in [1.165, 1.54) is 23.1 Å². The Morgan fingerprint density at radius 1 is 1.36 bits per heavy atom. The Morgan fingerprint density at radius 3 is 2.92 bits per heavy atom. The number of aromatic nitrogens is 2. The molecule has 5 rings (SSSR count). The number of hydrogen-bond acceptors (Lipinski definition) is 2. The number of aromatic amines is 1. The summed E-state index contributed by atoms with van der Waals surface area (Å²) in [4.78, 5) is 22.0. The van der Waals surface area contributed by atoms with Crippen molar-refractivity contribution in [2.24, 2.45) is 0 Å². The smallest absolute Gasteiger partial charge is 0.220 e. The second kappa shape index (κ2) is 4.91. The maximum Gasteiger partial charge on any atom is 0.220 e. The molecule has 2 aliphatic rings. The standard InChI is InChI=1S/C20H18FN3O/c1-12(25)24-11-20(6-7-20)17-15-5-8-22-10-16(15)23-18(17)19(24)13-3-2-4-14(21)9-13/h2-5,8-10,19,23H,6-7,11H2,1H3. The molecule has 0 bridgehead atoms. The molecular weight excluding hydrogens is 317 g/mol. The van der Waals surface area contributed by atoms with Gasteiger partial charge in [0.25, 0.3) is 0 Å². The van der Waals surface area contributed by atoms with Crippen molar-refractivity contribution >= 4 is 16.8 Å². The van der Waals surface area contributed by atoms with Crippen molar-refractivity contribution in [3.8, 4) is 0 Å². The number of pyridine rings is 1. The van der Waals surface area contributed by atoms with Gasteiger partial charge in [-0.05, 0) is 42.2 Å². The summed E-state index contributed by atoms with van der Waals surface area (Å²) in [6.07, 6.45) is 5.79. The third kappa shape index (κ3) is 2.05. The molecule has 0 radical (unpaired) electrons. The number of nitrogens with one attached hydrogen (secondary N) is 1. The van der Waals surface area contributed by atoms with E-state index in [1.54, 1.807) is 19.2 Å². The molecule has 1 unspecified atom stereocenters. The van der Waals surface area contributed by atoms with E-state index in [4.69, 9.17) is 0 Å². The Morgan fingerprint density at radius 2 is 2.20 bits per heavy atom. The fourth-order valence-electron chi connectivity index (χ4n) is 4.37. The average molecular weight is 335 g/mol. The lowest BCUT2D eigenvalue weighted by Crippen LogP contribution is -2.44. The van der Waals surface area contributed by atoms with Gasteiger partial charge in [0.1, 0.15) is 5.82 Å². The first-order valence-corrected chi connectivity index (χ1v) is 8.58.